The van der Waals surface area contributed by atoms with Crippen LogP contribution in [0.5, 0.6) is 0 Å². The number of aliphatic hydroxyl groups excluding tert-OH is 1. The van der Waals surface area contributed by atoms with Gasteiger partial charge >= 0.3 is 0 Å². The van der Waals surface area contributed by atoms with E-state index in [2.05, 4.69) is 67.4 Å². The average Bonchev–Trinajstić information content (AvgIpc) is 3.47. The second-order valence-electron chi connectivity index (χ2n) is 13.8. The van der Waals surface area contributed by atoms with E-state index in [1.165, 1.54) is 128 Å². The van der Waals surface area contributed by atoms with Crippen LogP contribution >= 0.6 is 0 Å². The largest absolute Gasteiger partial charge is 0.396 e. The Bertz CT molecular complexity index is 687. The van der Waals surface area contributed by atoms with Crippen molar-refractivity contribution in [1.82, 2.24) is 4.90 Å². The van der Waals surface area contributed by atoms with E-state index in [0.717, 1.165) is 65.0 Å². The van der Waals surface area contributed by atoms with E-state index in [1.807, 2.05) is 0 Å². The Kier molecular flexibility index (Phi) is 33.6. The van der Waals surface area contributed by atoms with Crippen molar-refractivity contribution < 1.29 is 14.6 Å². The summed E-state index contributed by atoms with van der Waals surface area (Å²) in [4.78, 5) is 2.42. The molecule has 1 aliphatic rings. The molecular weight excluding hydrogens is 578 g/mol. The van der Waals surface area contributed by atoms with Crippen molar-refractivity contribution in [1.29, 1.82) is 0 Å². The molecule has 1 saturated heterocycles. The molecule has 1 N–H and O–H groups in total. The van der Waals surface area contributed by atoms with Crippen LogP contribution < -0.4 is 0 Å². The molecular formula is C43H79NO3. The zero-order valence-corrected chi connectivity index (χ0v) is 31.4. The highest BCUT2D eigenvalue weighted by molar-refractivity contribution is 4.93. The fourth-order valence-electron chi connectivity index (χ4n) is 6.27. The number of rotatable bonds is 35. The first-order valence-corrected chi connectivity index (χ1v) is 20.5. The smallest absolute Gasteiger partial charge is 0.0975 e. The van der Waals surface area contributed by atoms with Gasteiger partial charge in [0.25, 0.3) is 0 Å². The molecule has 0 bridgehead atoms. The Morgan fingerprint density at radius 3 is 1.21 bits per heavy atom. The summed E-state index contributed by atoms with van der Waals surface area (Å²) in [5.41, 5.74) is 0. The van der Waals surface area contributed by atoms with Crippen molar-refractivity contribution in [3.63, 3.8) is 0 Å². The van der Waals surface area contributed by atoms with Gasteiger partial charge in [-0.2, -0.15) is 0 Å². The van der Waals surface area contributed by atoms with Crippen molar-refractivity contribution >= 4 is 0 Å². The van der Waals surface area contributed by atoms with E-state index in [4.69, 9.17) is 9.47 Å². The predicted molar refractivity (Wildman–Crippen MR) is 206 cm³/mol. The first-order valence-electron chi connectivity index (χ1n) is 20.5. The minimum Gasteiger partial charge on any atom is -0.396 e. The zero-order chi connectivity index (χ0) is 33.7. The third-order valence-electron chi connectivity index (χ3n) is 9.28. The van der Waals surface area contributed by atoms with Gasteiger partial charge in [-0.15, -0.1) is 0 Å². The summed E-state index contributed by atoms with van der Waals surface area (Å²) in [6.45, 7) is 9.29. The highest BCUT2D eigenvalue weighted by Crippen LogP contribution is 2.19. The first-order chi connectivity index (χ1) is 23.3. The van der Waals surface area contributed by atoms with Crippen LogP contribution in [0.15, 0.2) is 48.6 Å². The summed E-state index contributed by atoms with van der Waals surface area (Å²) in [5.74, 6) is 0. The Morgan fingerprint density at radius 1 is 0.468 bits per heavy atom. The zero-order valence-electron chi connectivity index (χ0n) is 31.4. The molecule has 0 spiro atoms. The van der Waals surface area contributed by atoms with Crippen LogP contribution in [-0.2, 0) is 9.47 Å². The number of unbranched alkanes of at least 4 members (excludes halogenated alkanes) is 18. The Hall–Kier alpha value is -1.20. The lowest BCUT2D eigenvalue weighted by molar-refractivity contribution is -0.0481. The summed E-state index contributed by atoms with van der Waals surface area (Å²) in [5, 5.41) is 9.29. The van der Waals surface area contributed by atoms with Gasteiger partial charge in [0, 0.05) is 39.5 Å². The van der Waals surface area contributed by atoms with Gasteiger partial charge < -0.3 is 14.6 Å². The number of nitrogens with zero attached hydrogens (tertiary/aromatic N) is 1. The van der Waals surface area contributed by atoms with Crippen LogP contribution in [0.4, 0.5) is 0 Å². The summed E-state index contributed by atoms with van der Waals surface area (Å²) in [6, 6.07) is 0. The van der Waals surface area contributed by atoms with Crippen LogP contribution in [0.1, 0.15) is 174 Å². The van der Waals surface area contributed by atoms with Gasteiger partial charge in [0.2, 0.25) is 0 Å². The van der Waals surface area contributed by atoms with Crippen molar-refractivity contribution in [2.75, 3.05) is 39.5 Å². The summed E-state index contributed by atoms with van der Waals surface area (Å²) in [7, 11) is 0. The van der Waals surface area contributed by atoms with E-state index < -0.39 is 0 Å². The quantitative estimate of drug-likeness (QED) is 0.0544. The molecule has 47 heavy (non-hydrogen) atoms. The van der Waals surface area contributed by atoms with Crippen molar-refractivity contribution in [3.05, 3.63) is 48.6 Å². The lowest BCUT2D eigenvalue weighted by Crippen LogP contribution is -2.30. The molecule has 1 fully saturated rings. The summed E-state index contributed by atoms with van der Waals surface area (Å²) >= 11 is 0. The highest BCUT2D eigenvalue weighted by Gasteiger charge is 2.33. The summed E-state index contributed by atoms with van der Waals surface area (Å²) < 4.78 is 12.8. The monoisotopic (exact) mass is 658 g/mol. The van der Waals surface area contributed by atoms with Gasteiger partial charge in [-0.05, 0) is 83.5 Å². The van der Waals surface area contributed by atoms with Gasteiger partial charge in [0.05, 0.1) is 12.2 Å². The van der Waals surface area contributed by atoms with E-state index in [1.54, 1.807) is 0 Å². The molecule has 4 nitrogen and oxygen atoms in total. The topological polar surface area (TPSA) is 41.9 Å². The second-order valence-corrected chi connectivity index (χ2v) is 13.8. The number of likely N-dealkylation sites (tertiary alicyclic amines) is 1. The molecule has 0 aromatic rings. The highest BCUT2D eigenvalue weighted by atomic mass is 16.5. The molecule has 2 atom stereocenters. The maximum atomic E-state index is 9.29. The Morgan fingerprint density at radius 2 is 0.830 bits per heavy atom. The van der Waals surface area contributed by atoms with Crippen LogP contribution in [0.3, 0.4) is 0 Å². The van der Waals surface area contributed by atoms with Crippen LogP contribution in [0.2, 0.25) is 0 Å². The number of aliphatic hydroxyl groups is 1. The number of hydrogen-bond acceptors (Lipinski definition) is 4. The van der Waals surface area contributed by atoms with E-state index >= 15 is 0 Å². The third kappa shape index (κ3) is 29.4. The normalized spacial score (nSPS) is 17.6. The maximum absolute atomic E-state index is 9.29. The molecule has 1 aliphatic heterocycles. The Balaban J connectivity index is 2.04. The SMILES string of the molecule is CCCCC/C=C\C/C=C\CCCCCCCCOC1CN(CCCO)CC1OCCCCCCCC/C=C\C/C=C\CCCCC. The fraction of sp³-hybridized carbons (Fsp3) is 0.814. The first kappa shape index (κ1) is 43.8. The van der Waals surface area contributed by atoms with Crippen LogP contribution in [0.25, 0.3) is 0 Å². The molecule has 0 aromatic heterocycles. The van der Waals surface area contributed by atoms with E-state index in [0.29, 0.717) is 0 Å². The minimum atomic E-state index is 0.177. The molecule has 1 heterocycles. The van der Waals surface area contributed by atoms with Gasteiger partial charge in [-0.25, -0.2) is 0 Å². The van der Waals surface area contributed by atoms with E-state index in [-0.39, 0.29) is 18.8 Å². The molecule has 0 amide bonds. The second kappa shape index (κ2) is 36.1. The molecule has 4 heteroatoms. The lowest BCUT2D eigenvalue weighted by Gasteiger charge is -2.20. The molecule has 0 saturated carbocycles. The van der Waals surface area contributed by atoms with Crippen LogP contribution in [-0.4, -0.2) is 61.7 Å². The van der Waals surface area contributed by atoms with Gasteiger partial charge in [0.15, 0.2) is 0 Å². The molecule has 0 aromatic carbocycles. The van der Waals surface area contributed by atoms with Gasteiger partial charge in [0.1, 0.15) is 0 Å². The molecule has 0 aliphatic carbocycles. The standard InChI is InChI=1S/C43H79NO3/c1-3-5-7-9-11-13-15-17-19-21-23-25-27-29-31-33-38-46-42-40-44(36-35-37-45)41-43(42)47-39-34-32-30-28-26-24-22-20-18-16-14-12-10-8-6-4-2/h11-14,17-20,42-43,45H,3-10,15-16,21-41H2,1-2H3/b13-11-,14-12-,19-17-,20-18-. The maximum Gasteiger partial charge on any atom is 0.0975 e. The number of hydrogen-bond donors (Lipinski definition) is 1. The van der Waals surface area contributed by atoms with Crippen molar-refractivity contribution in [3.8, 4) is 0 Å². The molecule has 1 rings (SSSR count). The van der Waals surface area contributed by atoms with Crippen molar-refractivity contribution in [2.24, 2.45) is 0 Å². The fourth-order valence-corrected chi connectivity index (χ4v) is 6.27. The predicted octanol–water partition coefficient (Wildman–Crippen LogP) is 12.1. The van der Waals surface area contributed by atoms with E-state index in [9.17, 15) is 5.11 Å². The van der Waals surface area contributed by atoms with Gasteiger partial charge in [-0.1, -0.05) is 140 Å². The number of allylic oxidation sites excluding steroid dienone is 8. The summed E-state index contributed by atoms with van der Waals surface area (Å²) in [6.07, 6.45) is 50.4. The number of ether oxygens (including phenoxy) is 2. The third-order valence-corrected chi connectivity index (χ3v) is 9.28. The van der Waals surface area contributed by atoms with Gasteiger partial charge in [-0.3, -0.25) is 4.90 Å². The minimum absolute atomic E-state index is 0.177. The molecule has 2 unspecified atom stereocenters. The Labute approximate surface area is 293 Å². The van der Waals surface area contributed by atoms with Crippen molar-refractivity contribution in [2.45, 2.75) is 187 Å². The molecule has 274 valence electrons. The van der Waals surface area contributed by atoms with Crippen LogP contribution in [0, 0.1) is 0 Å². The lowest BCUT2D eigenvalue weighted by atomic mass is 10.1. The average molecular weight is 658 g/mol. The molecule has 0 radical (unpaired) electrons.